The molecule has 0 aliphatic heterocycles. The molecule has 0 saturated heterocycles. The number of anilines is 1. The largest absolute Gasteiger partial charge is 0.342 e. The zero-order valence-corrected chi connectivity index (χ0v) is 18.1. The fraction of sp³-hybridized carbons (Fsp3) is 0.273. The van der Waals surface area contributed by atoms with Crippen molar-refractivity contribution < 1.29 is 9.59 Å². The number of rotatable bonds is 8. The van der Waals surface area contributed by atoms with E-state index in [4.69, 9.17) is 0 Å². The molecule has 0 bridgehead atoms. The van der Waals surface area contributed by atoms with Crippen LogP contribution in [0.4, 0.5) is 5.69 Å². The molecule has 1 heterocycles. The summed E-state index contributed by atoms with van der Waals surface area (Å²) in [7, 11) is 0. The Balaban J connectivity index is 1.62. The minimum Gasteiger partial charge on any atom is -0.342 e. The van der Waals surface area contributed by atoms with Gasteiger partial charge in [0.2, 0.25) is 5.91 Å². The van der Waals surface area contributed by atoms with Crippen LogP contribution in [0.3, 0.4) is 0 Å². The fourth-order valence-corrected chi connectivity index (χ4v) is 3.82. The topological polar surface area (TPSA) is 88.9 Å². The first kappa shape index (κ1) is 21.6. The van der Waals surface area contributed by atoms with Gasteiger partial charge >= 0.3 is 0 Å². The summed E-state index contributed by atoms with van der Waals surface area (Å²) in [5.74, 6) is 0.601. The molecule has 2 N–H and O–H groups in total. The molecule has 1 atom stereocenters. The van der Waals surface area contributed by atoms with Crippen molar-refractivity contribution in [2.45, 2.75) is 38.5 Å². The first-order valence-corrected chi connectivity index (χ1v) is 10.7. The molecule has 0 unspecified atom stereocenters. The Kier molecular flexibility index (Phi) is 7.24. The third kappa shape index (κ3) is 5.48. The molecule has 8 heteroatoms. The molecule has 2 amide bonds. The van der Waals surface area contributed by atoms with Crippen LogP contribution in [-0.2, 0) is 11.3 Å². The van der Waals surface area contributed by atoms with Crippen LogP contribution in [0.2, 0.25) is 0 Å². The first-order chi connectivity index (χ1) is 14.5. The molecular weight excluding hydrogens is 398 g/mol. The van der Waals surface area contributed by atoms with E-state index in [0.717, 1.165) is 11.3 Å². The van der Waals surface area contributed by atoms with Crippen molar-refractivity contribution in [3.8, 4) is 0 Å². The second kappa shape index (κ2) is 10.1. The van der Waals surface area contributed by atoms with Crippen LogP contribution in [-0.4, -0.2) is 32.3 Å². The van der Waals surface area contributed by atoms with E-state index in [1.165, 1.54) is 11.8 Å². The van der Waals surface area contributed by atoms with E-state index < -0.39 is 0 Å². The third-order valence-electron chi connectivity index (χ3n) is 4.47. The van der Waals surface area contributed by atoms with Gasteiger partial charge in [-0.15, -0.1) is 10.2 Å². The molecule has 0 fully saturated rings. The predicted molar refractivity (Wildman–Crippen MR) is 119 cm³/mol. The summed E-state index contributed by atoms with van der Waals surface area (Å²) < 4.78 is 1.92. The van der Waals surface area contributed by atoms with Crippen LogP contribution in [0.1, 0.15) is 41.6 Å². The minimum absolute atomic E-state index is 0.108. The third-order valence-corrected chi connectivity index (χ3v) is 5.43. The van der Waals surface area contributed by atoms with Gasteiger partial charge in [-0.3, -0.25) is 9.59 Å². The summed E-state index contributed by atoms with van der Waals surface area (Å²) in [6.07, 6.45) is 0. The number of aryl methyl sites for hydroxylation is 1. The van der Waals surface area contributed by atoms with Crippen molar-refractivity contribution in [1.82, 2.24) is 20.1 Å². The highest BCUT2D eigenvalue weighted by Crippen LogP contribution is 2.21. The molecule has 30 heavy (non-hydrogen) atoms. The first-order valence-electron chi connectivity index (χ1n) is 9.76. The molecular formula is C22H25N5O2S. The van der Waals surface area contributed by atoms with E-state index in [2.05, 4.69) is 20.8 Å². The second-order valence-electron chi connectivity index (χ2n) is 6.85. The maximum atomic E-state index is 12.4. The van der Waals surface area contributed by atoms with E-state index >= 15 is 0 Å². The molecule has 3 aromatic rings. The van der Waals surface area contributed by atoms with Gasteiger partial charge in [-0.05, 0) is 50.6 Å². The maximum absolute atomic E-state index is 12.4. The van der Waals surface area contributed by atoms with Gasteiger partial charge in [0.15, 0.2) is 11.0 Å². The lowest BCUT2D eigenvalue weighted by atomic mass is 10.2. The lowest BCUT2D eigenvalue weighted by Gasteiger charge is -2.15. The van der Waals surface area contributed by atoms with Crippen LogP contribution >= 0.6 is 11.8 Å². The normalized spacial score (nSPS) is 11.7. The molecule has 3 rings (SSSR count). The standard InChI is InChI=1S/C22H25N5O2S/c1-4-27-20(16(3)23-21(29)17-10-6-5-7-11-17)25-26-22(27)30-14-19(28)24-18-12-8-9-15(2)13-18/h5-13,16H,4,14H2,1-3H3,(H,23,29)(H,24,28)/t16-/m1/s1. The lowest BCUT2D eigenvalue weighted by Crippen LogP contribution is -2.28. The van der Waals surface area contributed by atoms with E-state index in [9.17, 15) is 9.59 Å². The zero-order chi connectivity index (χ0) is 21.5. The van der Waals surface area contributed by atoms with Crippen molar-refractivity contribution in [3.05, 3.63) is 71.5 Å². The summed E-state index contributed by atoms with van der Waals surface area (Å²) >= 11 is 1.32. The minimum atomic E-state index is -0.319. The predicted octanol–water partition coefficient (Wildman–Crippen LogP) is 3.83. The van der Waals surface area contributed by atoms with Crippen molar-refractivity contribution in [2.75, 3.05) is 11.1 Å². The number of nitrogens with zero attached hydrogens (tertiary/aromatic N) is 3. The van der Waals surface area contributed by atoms with Crippen molar-refractivity contribution in [3.63, 3.8) is 0 Å². The molecule has 156 valence electrons. The second-order valence-corrected chi connectivity index (χ2v) is 7.80. The highest BCUT2D eigenvalue weighted by Gasteiger charge is 2.20. The number of amides is 2. The van der Waals surface area contributed by atoms with Crippen LogP contribution < -0.4 is 10.6 Å². The summed E-state index contributed by atoms with van der Waals surface area (Å²) in [6, 6.07) is 16.4. The van der Waals surface area contributed by atoms with Gasteiger partial charge in [-0.25, -0.2) is 0 Å². The summed E-state index contributed by atoms with van der Waals surface area (Å²) in [6.45, 7) is 6.47. The fourth-order valence-electron chi connectivity index (χ4n) is 3.01. The highest BCUT2D eigenvalue weighted by molar-refractivity contribution is 7.99. The van der Waals surface area contributed by atoms with Crippen LogP contribution in [0.25, 0.3) is 0 Å². The Morgan fingerprint density at radius 2 is 1.87 bits per heavy atom. The van der Waals surface area contributed by atoms with Gasteiger partial charge < -0.3 is 15.2 Å². The van der Waals surface area contributed by atoms with Crippen LogP contribution in [0.5, 0.6) is 0 Å². The Bertz CT molecular complexity index is 1020. The SMILES string of the molecule is CCn1c(SCC(=O)Nc2cccc(C)c2)nnc1[C@@H](C)NC(=O)c1ccccc1. The van der Waals surface area contributed by atoms with Gasteiger partial charge in [0.05, 0.1) is 11.8 Å². The number of thioether (sulfide) groups is 1. The monoisotopic (exact) mass is 423 g/mol. The number of hydrogen-bond acceptors (Lipinski definition) is 5. The molecule has 0 aliphatic carbocycles. The molecule has 7 nitrogen and oxygen atoms in total. The number of hydrogen-bond donors (Lipinski definition) is 2. The number of aromatic nitrogens is 3. The summed E-state index contributed by atoms with van der Waals surface area (Å²) in [5, 5.41) is 15.0. The number of nitrogens with one attached hydrogen (secondary N) is 2. The van der Waals surface area contributed by atoms with Crippen molar-refractivity contribution >= 4 is 29.3 Å². The summed E-state index contributed by atoms with van der Waals surface area (Å²) in [5.41, 5.74) is 2.45. The Labute approximate surface area is 180 Å². The van der Waals surface area contributed by atoms with Gasteiger partial charge in [0.25, 0.3) is 5.91 Å². The Hall–Kier alpha value is -3.13. The molecule has 2 aromatic carbocycles. The van der Waals surface area contributed by atoms with Crippen LogP contribution in [0, 0.1) is 6.92 Å². The van der Waals surface area contributed by atoms with Crippen LogP contribution in [0.15, 0.2) is 59.8 Å². The lowest BCUT2D eigenvalue weighted by molar-refractivity contribution is -0.113. The van der Waals surface area contributed by atoms with Gasteiger partial charge in [0.1, 0.15) is 0 Å². The van der Waals surface area contributed by atoms with Gasteiger partial charge in [-0.1, -0.05) is 42.1 Å². The molecule has 0 saturated carbocycles. The average molecular weight is 424 g/mol. The molecule has 1 aromatic heterocycles. The van der Waals surface area contributed by atoms with Crippen molar-refractivity contribution in [1.29, 1.82) is 0 Å². The highest BCUT2D eigenvalue weighted by atomic mass is 32.2. The molecule has 0 radical (unpaired) electrons. The maximum Gasteiger partial charge on any atom is 0.251 e. The Morgan fingerprint density at radius 1 is 1.10 bits per heavy atom. The Morgan fingerprint density at radius 3 is 2.57 bits per heavy atom. The van der Waals surface area contributed by atoms with Gasteiger partial charge in [0, 0.05) is 17.8 Å². The quantitative estimate of drug-likeness (QED) is 0.538. The zero-order valence-electron chi connectivity index (χ0n) is 17.3. The van der Waals surface area contributed by atoms with Gasteiger partial charge in [-0.2, -0.15) is 0 Å². The number of carbonyl (C=O) groups is 2. The van der Waals surface area contributed by atoms with E-state index in [1.54, 1.807) is 12.1 Å². The molecule has 0 spiro atoms. The number of benzene rings is 2. The number of carbonyl (C=O) groups excluding carboxylic acids is 2. The van der Waals surface area contributed by atoms with E-state index in [0.29, 0.717) is 23.1 Å². The van der Waals surface area contributed by atoms with E-state index in [1.807, 2.05) is 67.8 Å². The average Bonchev–Trinajstić information content (AvgIpc) is 3.16. The smallest absolute Gasteiger partial charge is 0.251 e. The van der Waals surface area contributed by atoms with Crippen molar-refractivity contribution in [2.24, 2.45) is 0 Å². The van der Waals surface area contributed by atoms with E-state index in [-0.39, 0.29) is 23.6 Å². The summed E-state index contributed by atoms with van der Waals surface area (Å²) in [4.78, 5) is 24.7. The molecule has 0 aliphatic rings.